The Labute approximate surface area is 140 Å². The van der Waals surface area contributed by atoms with Crippen LogP contribution in [0.2, 0.25) is 0 Å². The van der Waals surface area contributed by atoms with Gasteiger partial charge in [-0.25, -0.2) is 8.78 Å². The molecule has 2 aromatic heterocycles. The fourth-order valence-electron chi connectivity index (χ4n) is 2.99. The molecule has 2 aromatic rings. The number of H-pyrrole nitrogens is 1. The molecule has 5 N–H and O–H groups in total. The number of aliphatic hydroxyl groups is 2. The van der Waals surface area contributed by atoms with Crippen molar-refractivity contribution in [1.82, 2.24) is 14.5 Å². The van der Waals surface area contributed by atoms with Gasteiger partial charge in [-0.05, 0) is 13.8 Å². The van der Waals surface area contributed by atoms with Gasteiger partial charge in [0.15, 0.2) is 17.7 Å². The van der Waals surface area contributed by atoms with Crippen LogP contribution in [0.3, 0.4) is 0 Å². The van der Waals surface area contributed by atoms with E-state index >= 15 is 4.39 Å². The Morgan fingerprint density at radius 1 is 1.60 bits per heavy atom. The number of aromatic amines is 1. The number of hydrogen-bond donors (Lipinski definition) is 4. The maximum absolute atomic E-state index is 15.5. The summed E-state index contributed by atoms with van der Waals surface area (Å²) in [5.41, 5.74) is 1.72. The minimum Gasteiger partial charge on any atom is -0.391 e. The highest BCUT2D eigenvalue weighted by molar-refractivity contribution is 5.77. The van der Waals surface area contributed by atoms with Crippen LogP contribution in [0.1, 0.15) is 20.1 Å². The van der Waals surface area contributed by atoms with E-state index in [1.165, 1.54) is 13.8 Å². The van der Waals surface area contributed by atoms with Crippen molar-refractivity contribution in [3.05, 3.63) is 22.4 Å². The van der Waals surface area contributed by atoms with Crippen molar-refractivity contribution in [2.75, 3.05) is 5.73 Å². The Kier molecular flexibility index (Phi) is 4.03. The van der Waals surface area contributed by atoms with Crippen molar-refractivity contribution < 1.29 is 23.7 Å². The third-order valence-electron chi connectivity index (χ3n) is 4.09. The van der Waals surface area contributed by atoms with Gasteiger partial charge in [-0.3, -0.25) is 14.3 Å². The fourth-order valence-corrected chi connectivity index (χ4v) is 2.99. The number of fused-ring (bicyclic) bond motifs is 1. The van der Waals surface area contributed by atoms with Gasteiger partial charge >= 0.3 is 0 Å². The van der Waals surface area contributed by atoms with E-state index in [1.54, 1.807) is 0 Å². The first-order valence-corrected chi connectivity index (χ1v) is 7.41. The summed E-state index contributed by atoms with van der Waals surface area (Å²) in [5.74, 6) is 3.31. The van der Waals surface area contributed by atoms with E-state index in [9.17, 15) is 19.4 Å². The molecule has 1 fully saturated rings. The topological polar surface area (TPSA) is 126 Å². The molecule has 0 spiro atoms. The van der Waals surface area contributed by atoms with Crippen LogP contribution in [0.4, 0.5) is 14.7 Å². The van der Waals surface area contributed by atoms with E-state index in [0.717, 1.165) is 10.8 Å². The standard InChI is InChI=1S/C15H16F2N4O4/c1-3-4-15(17)10(23)9(6(2)22)25-13(15)21-5-7(16)8-11(21)19-14(18)20-12(8)24/h5-6,9-10,13,22-23H,1-2H3,(H3,18,19,20,24)/t6-,9-,10?,13-,15-/m1/s1. The highest BCUT2D eigenvalue weighted by Gasteiger charge is 2.59. The second-order valence-corrected chi connectivity index (χ2v) is 5.82. The Balaban J connectivity index is 2.25. The Morgan fingerprint density at radius 3 is 2.88 bits per heavy atom. The van der Waals surface area contributed by atoms with E-state index in [0.29, 0.717) is 0 Å². The van der Waals surface area contributed by atoms with Crippen molar-refractivity contribution in [3.8, 4) is 11.8 Å². The van der Waals surface area contributed by atoms with Crippen LogP contribution >= 0.6 is 0 Å². The Bertz CT molecular complexity index is 945. The summed E-state index contributed by atoms with van der Waals surface area (Å²) in [5, 5.41) is 19.5. The summed E-state index contributed by atoms with van der Waals surface area (Å²) in [4.78, 5) is 17.9. The summed E-state index contributed by atoms with van der Waals surface area (Å²) in [7, 11) is 0. The first kappa shape index (κ1) is 17.3. The largest absolute Gasteiger partial charge is 0.391 e. The molecule has 3 heterocycles. The van der Waals surface area contributed by atoms with Crippen LogP contribution in [-0.4, -0.2) is 48.7 Å². The van der Waals surface area contributed by atoms with Crippen molar-refractivity contribution >= 4 is 17.0 Å². The lowest BCUT2D eigenvalue weighted by Crippen LogP contribution is -2.44. The van der Waals surface area contributed by atoms with Gasteiger partial charge in [0.2, 0.25) is 11.6 Å². The number of anilines is 1. The molecular weight excluding hydrogens is 338 g/mol. The molecule has 10 heteroatoms. The van der Waals surface area contributed by atoms with E-state index in [-0.39, 0.29) is 11.6 Å². The van der Waals surface area contributed by atoms with Gasteiger partial charge < -0.3 is 20.7 Å². The zero-order valence-electron chi connectivity index (χ0n) is 13.3. The lowest BCUT2D eigenvalue weighted by Gasteiger charge is -2.24. The SMILES string of the molecule is CC#C[C@@]1(F)C(O)[C@@H]([C@@H](C)O)O[C@H]1n1cc(F)c2c(=O)[nH]c(N)nc21. The number of halogens is 2. The molecule has 8 nitrogen and oxygen atoms in total. The zero-order chi connectivity index (χ0) is 18.5. The molecule has 0 saturated carbocycles. The number of ether oxygens (including phenoxy) is 1. The van der Waals surface area contributed by atoms with E-state index in [4.69, 9.17) is 10.5 Å². The number of rotatable bonds is 2. The van der Waals surface area contributed by atoms with Gasteiger partial charge in [0.05, 0.1) is 6.10 Å². The molecule has 134 valence electrons. The van der Waals surface area contributed by atoms with Crippen LogP contribution in [0.5, 0.6) is 0 Å². The number of nitrogen functional groups attached to an aromatic ring is 1. The molecule has 25 heavy (non-hydrogen) atoms. The molecule has 0 aromatic carbocycles. The predicted molar refractivity (Wildman–Crippen MR) is 83.6 cm³/mol. The van der Waals surface area contributed by atoms with Gasteiger partial charge in [-0.1, -0.05) is 5.92 Å². The van der Waals surface area contributed by atoms with Crippen molar-refractivity contribution in [2.24, 2.45) is 0 Å². The number of nitrogens with two attached hydrogens (primary N) is 1. The number of nitrogens with zero attached hydrogens (tertiary/aromatic N) is 2. The summed E-state index contributed by atoms with van der Waals surface area (Å²) >= 11 is 0. The number of aliphatic hydroxyl groups excluding tert-OH is 2. The van der Waals surface area contributed by atoms with Gasteiger partial charge in [0, 0.05) is 6.20 Å². The molecule has 1 aliphatic rings. The lowest BCUT2D eigenvalue weighted by atomic mass is 9.94. The summed E-state index contributed by atoms with van der Waals surface area (Å²) < 4.78 is 36.0. The van der Waals surface area contributed by atoms with Crippen LogP contribution in [-0.2, 0) is 4.74 Å². The molecule has 5 atom stereocenters. The zero-order valence-corrected chi connectivity index (χ0v) is 13.3. The van der Waals surface area contributed by atoms with Gasteiger partial charge in [0.1, 0.15) is 17.6 Å². The molecule has 3 rings (SSSR count). The number of nitrogens with one attached hydrogen (secondary N) is 1. The van der Waals surface area contributed by atoms with E-state index in [2.05, 4.69) is 21.8 Å². The fraction of sp³-hybridized carbons (Fsp3) is 0.467. The minimum atomic E-state index is -2.66. The van der Waals surface area contributed by atoms with Crippen LogP contribution < -0.4 is 11.3 Å². The van der Waals surface area contributed by atoms with Gasteiger partial charge in [-0.15, -0.1) is 5.92 Å². The third-order valence-corrected chi connectivity index (χ3v) is 4.09. The maximum atomic E-state index is 15.5. The van der Waals surface area contributed by atoms with Crippen LogP contribution in [0, 0.1) is 17.7 Å². The second kappa shape index (κ2) is 5.80. The monoisotopic (exact) mass is 354 g/mol. The van der Waals surface area contributed by atoms with E-state index < -0.39 is 47.0 Å². The Hall–Kier alpha value is -2.48. The molecule has 1 unspecified atom stereocenters. The van der Waals surface area contributed by atoms with Crippen LogP contribution in [0.25, 0.3) is 11.0 Å². The average molecular weight is 354 g/mol. The number of hydrogen-bond acceptors (Lipinski definition) is 6. The minimum absolute atomic E-state index is 0.262. The van der Waals surface area contributed by atoms with Crippen molar-refractivity contribution in [3.63, 3.8) is 0 Å². The molecule has 0 amide bonds. The molecule has 0 aliphatic carbocycles. The third kappa shape index (κ3) is 2.48. The molecule has 1 aliphatic heterocycles. The first-order valence-electron chi connectivity index (χ1n) is 7.41. The van der Waals surface area contributed by atoms with Crippen molar-refractivity contribution in [1.29, 1.82) is 0 Å². The normalized spacial score (nSPS) is 30.2. The summed E-state index contributed by atoms with van der Waals surface area (Å²) in [6.07, 6.45) is -5.16. The highest BCUT2D eigenvalue weighted by Crippen LogP contribution is 2.43. The quantitative estimate of drug-likeness (QED) is 0.554. The predicted octanol–water partition coefficient (Wildman–Crippen LogP) is -0.183. The molecular formula is C15H16F2N4O4. The van der Waals surface area contributed by atoms with Crippen LogP contribution in [0.15, 0.2) is 11.0 Å². The lowest BCUT2D eigenvalue weighted by molar-refractivity contribution is -0.0776. The summed E-state index contributed by atoms with van der Waals surface area (Å²) in [6.45, 7) is 2.67. The Morgan fingerprint density at radius 2 is 2.28 bits per heavy atom. The van der Waals surface area contributed by atoms with Crippen molar-refractivity contribution in [2.45, 2.75) is 44.1 Å². The number of aromatic nitrogens is 3. The van der Waals surface area contributed by atoms with E-state index in [1.807, 2.05) is 0 Å². The molecule has 0 radical (unpaired) electrons. The smallest absolute Gasteiger partial charge is 0.264 e. The second-order valence-electron chi connectivity index (χ2n) is 5.82. The molecule has 1 saturated heterocycles. The summed E-state index contributed by atoms with van der Waals surface area (Å²) in [6, 6.07) is 0. The average Bonchev–Trinajstić information content (AvgIpc) is 2.96. The van der Waals surface area contributed by atoms with Gasteiger partial charge in [-0.2, -0.15) is 4.98 Å². The highest BCUT2D eigenvalue weighted by atomic mass is 19.1. The maximum Gasteiger partial charge on any atom is 0.264 e. The van der Waals surface area contributed by atoms with Gasteiger partial charge in [0.25, 0.3) is 5.56 Å². The molecule has 0 bridgehead atoms. The first-order chi connectivity index (χ1) is 11.7. The number of alkyl halides is 1.